The predicted octanol–water partition coefficient (Wildman–Crippen LogP) is 3.81. The standard InChI is InChI=1S/C18H29N3O/c1-3-15(2)16-7-9-17(10-8-16)20-18(22)19-11-14-21-12-5-4-6-13-21/h7-10,15H,3-6,11-14H2,1-2H3,(H2,19,20,22)/t15-/m0/s1. The van der Waals surface area contributed by atoms with Gasteiger partial charge in [-0.1, -0.05) is 32.4 Å². The topological polar surface area (TPSA) is 44.4 Å². The van der Waals surface area contributed by atoms with E-state index in [1.54, 1.807) is 0 Å². The zero-order valence-corrected chi connectivity index (χ0v) is 13.9. The molecule has 0 bridgehead atoms. The quantitative estimate of drug-likeness (QED) is 0.839. The van der Waals surface area contributed by atoms with Gasteiger partial charge < -0.3 is 15.5 Å². The Bertz CT molecular complexity index is 452. The lowest BCUT2D eigenvalue weighted by molar-refractivity contribution is 0.224. The fraction of sp³-hybridized carbons (Fsp3) is 0.611. The molecule has 1 aromatic carbocycles. The Balaban J connectivity index is 1.70. The van der Waals surface area contributed by atoms with Gasteiger partial charge in [0.15, 0.2) is 0 Å². The average Bonchev–Trinajstić information content (AvgIpc) is 2.56. The lowest BCUT2D eigenvalue weighted by Crippen LogP contribution is -2.39. The summed E-state index contributed by atoms with van der Waals surface area (Å²) in [5.41, 5.74) is 2.17. The molecule has 1 atom stereocenters. The van der Waals surface area contributed by atoms with Gasteiger partial charge >= 0.3 is 6.03 Å². The molecule has 122 valence electrons. The van der Waals surface area contributed by atoms with Crippen LogP contribution in [-0.2, 0) is 0 Å². The second-order valence-electron chi connectivity index (χ2n) is 6.21. The van der Waals surface area contributed by atoms with Gasteiger partial charge in [0.05, 0.1) is 0 Å². The zero-order valence-electron chi connectivity index (χ0n) is 13.9. The molecule has 4 nitrogen and oxygen atoms in total. The van der Waals surface area contributed by atoms with E-state index in [0.29, 0.717) is 12.5 Å². The predicted molar refractivity (Wildman–Crippen MR) is 92.5 cm³/mol. The average molecular weight is 303 g/mol. The van der Waals surface area contributed by atoms with Crippen molar-refractivity contribution < 1.29 is 4.79 Å². The summed E-state index contributed by atoms with van der Waals surface area (Å²) in [5.74, 6) is 0.562. The molecule has 1 aliphatic heterocycles. The van der Waals surface area contributed by atoms with Crippen molar-refractivity contribution in [3.05, 3.63) is 29.8 Å². The van der Waals surface area contributed by atoms with Crippen molar-refractivity contribution in [2.24, 2.45) is 0 Å². The van der Waals surface area contributed by atoms with Crippen LogP contribution in [0.15, 0.2) is 24.3 Å². The summed E-state index contributed by atoms with van der Waals surface area (Å²) in [7, 11) is 0. The van der Waals surface area contributed by atoms with Gasteiger partial charge in [0.25, 0.3) is 0 Å². The fourth-order valence-corrected chi connectivity index (χ4v) is 2.82. The Kier molecular flexibility index (Phi) is 6.72. The van der Waals surface area contributed by atoms with Crippen molar-refractivity contribution in [2.75, 3.05) is 31.5 Å². The first-order valence-corrected chi connectivity index (χ1v) is 8.56. The van der Waals surface area contributed by atoms with Gasteiger partial charge in [-0.2, -0.15) is 0 Å². The van der Waals surface area contributed by atoms with Crippen LogP contribution < -0.4 is 10.6 Å². The summed E-state index contributed by atoms with van der Waals surface area (Å²) in [5, 5.41) is 5.83. The molecule has 22 heavy (non-hydrogen) atoms. The summed E-state index contributed by atoms with van der Waals surface area (Å²) < 4.78 is 0. The summed E-state index contributed by atoms with van der Waals surface area (Å²) in [6, 6.07) is 8.03. The van der Waals surface area contributed by atoms with Crippen molar-refractivity contribution in [3.8, 4) is 0 Å². The van der Waals surface area contributed by atoms with Crippen LogP contribution in [0.2, 0.25) is 0 Å². The minimum absolute atomic E-state index is 0.117. The molecule has 0 saturated carbocycles. The molecule has 0 aliphatic carbocycles. The molecule has 2 amide bonds. The highest BCUT2D eigenvalue weighted by molar-refractivity contribution is 5.89. The maximum Gasteiger partial charge on any atom is 0.319 e. The molecule has 0 aromatic heterocycles. The van der Waals surface area contributed by atoms with E-state index >= 15 is 0 Å². The first kappa shape index (κ1) is 16.8. The van der Waals surface area contributed by atoms with Crippen LogP contribution in [0.3, 0.4) is 0 Å². The summed E-state index contributed by atoms with van der Waals surface area (Å²) in [6.45, 7) is 8.39. The van der Waals surface area contributed by atoms with Crippen molar-refractivity contribution in [3.63, 3.8) is 0 Å². The molecule has 0 spiro atoms. The Morgan fingerprint density at radius 1 is 1.18 bits per heavy atom. The number of likely N-dealkylation sites (tertiary alicyclic amines) is 1. The Morgan fingerprint density at radius 2 is 1.86 bits per heavy atom. The first-order valence-electron chi connectivity index (χ1n) is 8.56. The van der Waals surface area contributed by atoms with Crippen LogP contribution in [0.1, 0.15) is 51.0 Å². The normalized spacial score (nSPS) is 17.0. The Hall–Kier alpha value is -1.55. The molecule has 4 heteroatoms. The lowest BCUT2D eigenvalue weighted by atomic mass is 9.99. The highest BCUT2D eigenvalue weighted by Gasteiger charge is 2.10. The van der Waals surface area contributed by atoms with Crippen molar-refractivity contribution in [2.45, 2.75) is 45.4 Å². The van der Waals surface area contributed by atoms with Crippen LogP contribution >= 0.6 is 0 Å². The summed E-state index contributed by atoms with van der Waals surface area (Å²) in [4.78, 5) is 14.3. The minimum Gasteiger partial charge on any atom is -0.337 e. The maximum absolute atomic E-state index is 11.9. The molecule has 1 heterocycles. The number of nitrogens with zero attached hydrogens (tertiary/aromatic N) is 1. The van der Waals surface area contributed by atoms with E-state index in [0.717, 1.165) is 18.7 Å². The van der Waals surface area contributed by atoms with E-state index in [2.05, 4.69) is 41.5 Å². The van der Waals surface area contributed by atoms with E-state index < -0.39 is 0 Å². The molecular weight excluding hydrogens is 274 g/mol. The van der Waals surface area contributed by atoms with Gasteiger partial charge in [-0.05, 0) is 56.0 Å². The molecule has 0 radical (unpaired) electrons. The van der Waals surface area contributed by atoms with E-state index in [1.165, 1.54) is 37.9 Å². The number of nitrogens with one attached hydrogen (secondary N) is 2. The van der Waals surface area contributed by atoms with Crippen LogP contribution in [-0.4, -0.2) is 37.1 Å². The highest BCUT2D eigenvalue weighted by atomic mass is 16.2. The smallest absolute Gasteiger partial charge is 0.319 e. The number of hydrogen-bond acceptors (Lipinski definition) is 2. The minimum atomic E-state index is -0.117. The number of piperidine rings is 1. The maximum atomic E-state index is 11.9. The zero-order chi connectivity index (χ0) is 15.8. The Morgan fingerprint density at radius 3 is 2.50 bits per heavy atom. The fourth-order valence-electron chi connectivity index (χ4n) is 2.82. The second kappa shape index (κ2) is 8.79. The van der Waals surface area contributed by atoms with Crippen molar-refractivity contribution in [1.82, 2.24) is 10.2 Å². The number of urea groups is 1. The Labute approximate surface area is 134 Å². The molecule has 2 rings (SSSR count). The van der Waals surface area contributed by atoms with Gasteiger partial charge in [-0.25, -0.2) is 4.79 Å². The van der Waals surface area contributed by atoms with E-state index in [4.69, 9.17) is 0 Å². The summed E-state index contributed by atoms with van der Waals surface area (Å²) in [6.07, 6.45) is 5.05. The number of amides is 2. The first-order chi connectivity index (χ1) is 10.7. The van der Waals surface area contributed by atoms with Crippen molar-refractivity contribution >= 4 is 11.7 Å². The van der Waals surface area contributed by atoms with Crippen LogP contribution in [0.4, 0.5) is 10.5 Å². The van der Waals surface area contributed by atoms with Crippen LogP contribution in [0.5, 0.6) is 0 Å². The summed E-state index contributed by atoms with van der Waals surface area (Å²) >= 11 is 0. The van der Waals surface area contributed by atoms with Gasteiger partial charge in [0.2, 0.25) is 0 Å². The van der Waals surface area contributed by atoms with E-state index in [1.807, 2.05) is 12.1 Å². The van der Waals surface area contributed by atoms with Crippen LogP contribution in [0, 0.1) is 0 Å². The number of benzene rings is 1. The van der Waals surface area contributed by atoms with Gasteiger partial charge in [0.1, 0.15) is 0 Å². The lowest BCUT2D eigenvalue weighted by Gasteiger charge is -2.26. The van der Waals surface area contributed by atoms with Gasteiger partial charge in [0, 0.05) is 18.8 Å². The van der Waals surface area contributed by atoms with E-state index in [-0.39, 0.29) is 6.03 Å². The molecule has 1 saturated heterocycles. The molecule has 2 N–H and O–H groups in total. The third-order valence-electron chi connectivity index (χ3n) is 4.51. The van der Waals surface area contributed by atoms with Crippen molar-refractivity contribution in [1.29, 1.82) is 0 Å². The molecule has 0 unspecified atom stereocenters. The number of carbonyl (C=O) groups is 1. The molecular formula is C18H29N3O. The SMILES string of the molecule is CC[C@H](C)c1ccc(NC(=O)NCCN2CCCCC2)cc1. The third-order valence-corrected chi connectivity index (χ3v) is 4.51. The number of rotatable bonds is 6. The number of anilines is 1. The molecule has 1 fully saturated rings. The number of carbonyl (C=O) groups excluding carboxylic acids is 1. The molecule has 1 aromatic rings. The second-order valence-corrected chi connectivity index (χ2v) is 6.21. The highest BCUT2D eigenvalue weighted by Crippen LogP contribution is 2.20. The largest absolute Gasteiger partial charge is 0.337 e. The molecule has 1 aliphatic rings. The van der Waals surface area contributed by atoms with Gasteiger partial charge in [-0.3, -0.25) is 0 Å². The monoisotopic (exact) mass is 303 g/mol. The van der Waals surface area contributed by atoms with Crippen LogP contribution in [0.25, 0.3) is 0 Å². The third kappa shape index (κ3) is 5.34. The number of hydrogen-bond donors (Lipinski definition) is 2. The van der Waals surface area contributed by atoms with Gasteiger partial charge in [-0.15, -0.1) is 0 Å². The van der Waals surface area contributed by atoms with E-state index in [9.17, 15) is 4.79 Å².